The first kappa shape index (κ1) is 14.3. The van der Waals surface area contributed by atoms with Crippen LogP contribution in [0.5, 0.6) is 0 Å². The summed E-state index contributed by atoms with van der Waals surface area (Å²) in [6, 6.07) is -0.540. The van der Waals surface area contributed by atoms with Crippen molar-refractivity contribution in [2.45, 2.75) is 37.8 Å². The Kier molecular flexibility index (Phi) is 6.36. The van der Waals surface area contributed by atoms with Gasteiger partial charge in [-0.1, -0.05) is 0 Å². The van der Waals surface area contributed by atoms with Gasteiger partial charge in [-0.3, -0.25) is 4.79 Å². The van der Waals surface area contributed by atoms with E-state index in [0.717, 1.165) is 25.1 Å². The van der Waals surface area contributed by atoms with Crippen LogP contribution in [0.1, 0.15) is 25.7 Å². The molecule has 17 heavy (non-hydrogen) atoms. The van der Waals surface area contributed by atoms with Gasteiger partial charge in [-0.2, -0.15) is 11.8 Å². The number of aliphatic carboxylic acids is 1. The van der Waals surface area contributed by atoms with E-state index in [0.29, 0.717) is 12.8 Å². The third-order valence-corrected chi connectivity index (χ3v) is 3.48. The average Bonchev–Trinajstić information content (AvgIpc) is 2.76. The Morgan fingerprint density at radius 2 is 2.35 bits per heavy atom. The van der Waals surface area contributed by atoms with Crippen LogP contribution in [-0.2, 0) is 9.59 Å². The van der Waals surface area contributed by atoms with Crippen molar-refractivity contribution < 1.29 is 14.7 Å². The number of carbonyl (C=O) groups is 2. The molecule has 0 aromatic carbocycles. The van der Waals surface area contributed by atoms with Gasteiger partial charge in [-0.15, -0.1) is 0 Å². The summed E-state index contributed by atoms with van der Waals surface area (Å²) in [5, 5.41) is 14.8. The Hall–Kier alpha value is -0.750. The molecule has 0 radical (unpaired) electrons. The predicted molar refractivity (Wildman–Crippen MR) is 68.2 cm³/mol. The summed E-state index contributed by atoms with van der Waals surface area (Å²) >= 11 is 1.58. The summed E-state index contributed by atoms with van der Waals surface area (Å²) in [4.78, 5) is 22.6. The average molecular weight is 260 g/mol. The fourth-order valence-corrected chi connectivity index (χ4v) is 2.37. The van der Waals surface area contributed by atoms with Crippen molar-refractivity contribution in [2.24, 2.45) is 0 Å². The quantitative estimate of drug-likeness (QED) is 0.619. The predicted octanol–water partition coefficient (Wildman–Crippen LogP) is 0.451. The Morgan fingerprint density at radius 1 is 1.59 bits per heavy atom. The SMILES string of the molecule is CSCC[C@H](NC(=O)CC1CCCN1)C(=O)O. The highest BCUT2D eigenvalue weighted by Gasteiger charge is 2.22. The number of rotatable bonds is 7. The second-order valence-electron chi connectivity index (χ2n) is 4.24. The van der Waals surface area contributed by atoms with Crippen molar-refractivity contribution in [1.29, 1.82) is 0 Å². The van der Waals surface area contributed by atoms with Crippen LogP contribution in [0.2, 0.25) is 0 Å². The van der Waals surface area contributed by atoms with E-state index in [-0.39, 0.29) is 11.9 Å². The molecule has 1 amide bonds. The maximum Gasteiger partial charge on any atom is 0.326 e. The van der Waals surface area contributed by atoms with Crippen molar-refractivity contribution in [3.05, 3.63) is 0 Å². The van der Waals surface area contributed by atoms with Crippen molar-refractivity contribution in [2.75, 3.05) is 18.6 Å². The summed E-state index contributed by atoms with van der Waals surface area (Å²) in [6.07, 6.45) is 4.86. The number of nitrogens with one attached hydrogen (secondary N) is 2. The second kappa shape index (κ2) is 7.55. The molecule has 0 bridgehead atoms. The summed E-state index contributed by atoms with van der Waals surface area (Å²) in [6.45, 7) is 0.951. The fraction of sp³-hybridized carbons (Fsp3) is 0.818. The molecule has 1 fully saturated rings. The highest BCUT2D eigenvalue weighted by molar-refractivity contribution is 7.98. The van der Waals surface area contributed by atoms with Crippen molar-refractivity contribution in [3.63, 3.8) is 0 Å². The van der Waals surface area contributed by atoms with Crippen LogP contribution in [0.3, 0.4) is 0 Å². The smallest absolute Gasteiger partial charge is 0.326 e. The molecule has 0 aromatic heterocycles. The van der Waals surface area contributed by atoms with E-state index in [1.165, 1.54) is 0 Å². The van der Waals surface area contributed by atoms with Gasteiger partial charge in [0.1, 0.15) is 6.04 Å². The van der Waals surface area contributed by atoms with Gasteiger partial charge in [0, 0.05) is 12.5 Å². The Bertz CT molecular complexity index is 267. The number of carbonyl (C=O) groups excluding carboxylic acids is 1. The molecule has 0 saturated carbocycles. The van der Waals surface area contributed by atoms with E-state index in [1.807, 2.05) is 6.26 Å². The van der Waals surface area contributed by atoms with Crippen LogP contribution in [0.25, 0.3) is 0 Å². The largest absolute Gasteiger partial charge is 0.480 e. The van der Waals surface area contributed by atoms with E-state index in [1.54, 1.807) is 11.8 Å². The molecule has 1 unspecified atom stereocenters. The number of carboxylic acids is 1. The van der Waals surface area contributed by atoms with Crippen LogP contribution in [-0.4, -0.2) is 47.6 Å². The summed E-state index contributed by atoms with van der Waals surface area (Å²) in [5.41, 5.74) is 0. The molecule has 0 aliphatic carbocycles. The molecular weight excluding hydrogens is 240 g/mol. The number of hydrogen-bond acceptors (Lipinski definition) is 4. The van der Waals surface area contributed by atoms with Crippen LogP contribution < -0.4 is 10.6 Å². The molecule has 1 aliphatic rings. The van der Waals surface area contributed by atoms with E-state index in [2.05, 4.69) is 10.6 Å². The molecule has 0 spiro atoms. The first-order chi connectivity index (χ1) is 8.13. The maximum atomic E-state index is 11.7. The molecule has 1 heterocycles. The molecule has 6 heteroatoms. The number of thioether (sulfide) groups is 1. The minimum Gasteiger partial charge on any atom is -0.480 e. The summed E-state index contributed by atoms with van der Waals surface area (Å²) in [5.74, 6) is -0.386. The Morgan fingerprint density at radius 3 is 2.88 bits per heavy atom. The van der Waals surface area contributed by atoms with Crippen molar-refractivity contribution >= 4 is 23.6 Å². The number of hydrogen-bond donors (Lipinski definition) is 3. The third kappa shape index (κ3) is 5.41. The van der Waals surface area contributed by atoms with Gasteiger partial charge in [-0.25, -0.2) is 4.79 Å². The first-order valence-electron chi connectivity index (χ1n) is 5.88. The van der Waals surface area contributed by atoms with Crippen LogP contribution in [0, 0.1) is 0 Å². The molecule has 98 valence electrons. The lowest BCUT2D eigenvalue weighted by atomic mass is 10.1. The Labute approximate surface area is 106 Å². The topological polar surface area (TPSA) is 78.4 Å². The van der Waals surface area contributed by atoms with E-state index in [9.17, 15) is 9.59 Å². The summed E-state index contributed by atoms with van der Waals surface area (Å²) in [7, 11) is 0. The zero-order valence-electron chi connectivity index (χ0n) is 10.1. The zero-order valence-corrected chi connectivity index (χ0v) is 10.9. The molecule has 1 rings (SSSR count). The molecule has 1 aliphatic heterocycles. The standard InChI is InChI=1S/C11H20N2O3S/c1-17-6-4-9(11(15)16)13-10(14)7-8-3-2-5-12-8/h8-9,12H,2-7H2,1H3,(H,13,14)(H,15,16)/t8?,9-/m0/s1. The lowest BCUT2D eigenvalue weighted by Crippen LogP contribution is -2.43. The van der Waals surface area contributed by atoms with Gasteiger partial charge in [0.2, 0.25) is 5.91 Å². The second-order valence-corrected chi connectivity index (χ2v) is 5.22. The first-order valence-corrected chi connectivity index (χ1v) is 7.27. The molecule has 3 N–H and O–H groups in total. The minimum absolute atomic E-state index is 0.169. The van der Waals surface area contributed by atoms with Gasteiger partial charge < -0.3 is 15.7 Å². The Balaban J connectivity index is 2.32. The lowest BCUT2D eigenvalue weighted by molar-refractivity contribution is -0.141. The fourth-order valence-electron chi connectivity index (χ4n) is 1.90. The van der Waals surface area contributed by atoms with Crippen LogP contribution >= 0.6 is 11.8 Å². The molecule has 0 aromatic rings. The van der Waals surface area contributed by atoms with E-state index >= 15 is 0 Å². The number of amides is 1. The maximum absolute atomic E-state index is 11.7. The molecular formula is C11H20N2O3S. The minimum atomic E-state index is -0.952. The number of carboxylic acid groups (broad SMARTS) is 1. The molecule has 5 nitrogen and oxygen atoms in total. The van der Waals surface area contributed by atoms with Gasteiger partial charge in [0.05, 0.1) is 0 Å². The normalized spacial score (nSPS) is 21.1. The highest BCUT2D eigenvalue weighted by Crippen LogP contribution is 2.09. The van der Waals surface area contributed by atoms with Gasteiger partial charge >= 0.3 is 5.97 Å². The van der Waals surface area contributed by atoms with Gasteiger partial charge in [0.25, 0.3) is 0 Å². The van der Waals surface area contributed by atoms with Gasteiger partial charge in [0.15, 0.2) is 0 Å². The van der Waals surface area contributed by atoms with Crippen LogP contribution in [0.15, 0.2) is 0 Å². The summed E-state index contributed by atoms with van der Waals surface area (Å²) < 4.78 is 0. The molecule has 1 saturated heterocycles. The monoisotopic (exact) mass is 260 g/mol. The lowest BCUT2D eigenvalue weighted by Gasteiger charge is -2.16. The van der Waals surface area contributed by atoms with Crippen molar-refractivity contribution in [1.82, 2.24) is 10.6 Å². The van der Waals surface area contributed by atoms with Crippen LogP contribution in [0.4, 0.5) is 0 Å². The molecule has 2 atom stereocenters. The van der Waals surface area contributed by atoms with Crippen molar-refractivity contribution in [3.8, 4) is 0 Å². The third-order valence-electron chi connectivity index (χ3n) is 2.84. The van der Waals surface area contributed by atoms with Gasteiger partial charge in [-0.05, 0) is 37.8 Å². The highest BCUT2D eigenvalue weighted by atomic mass is 32.2. The zero-order chi connectivity index (χ0) is 12.7. The van der Waals surface area contributed by atoms with E-state index < -0.39 is 12.0 Å². The van der Waals surface area contributed by atoms with E-state index in [4.69, 9.17) is 5.11 Å².